The van der Waals surface area contributed by atoms with E-state index in [-0.39, 0.29) is 18.4 Å². The molecule has 1 unspecified atom stereocenters. The summed E-state index contributed by atoms with van der Waals surface area (Å²) in [6.07, 6.45) is 5.16. The molecule has 0 fully saturated rings. The number of aliphatic carboxylic acids is 1. The van der Waals surface area contributed by atoms with E-state index < -0.39 is 5.97 Å². The van der Waals surface area contributed by atoms with Crippen molar-refractivity contribution < 1.29 is 9.90 Å². The summed E-state index contributed by atoms with van der Waals surface area (Å²) in [5, 5.41) is 14.0. The van der Waals surface area contributed by atoms with Gasteiger partial charge in [0.25, 0.3) is 0 Å². The Bertz CT molecular complexity index is 942. The molecule has 1 atom stereocenters. The van der Waals surface area contributed by atoms with E-state index in [2.05, 4.69) is 15.3 Å². The highest BCUT2D eigenvalue weighted by Crippen LogP contribution is 2.34. The van der Waals surface area contributed by atoms with Crippen LogP contribution in [0.5, 0.6) is 0 Å². The molecular formula is C18H18Cl2N4O2. The van der Waals surface area contributed by atoms with Crippen LogP contribution in [-0.2, 0) is 4.79 Å². The lowest BCUT2D eigenvalue weighted by molar-refractivity contribution is -0.137. The largest absolute Gasteiger partial charge is 0.481 e. The van der Waals surface area contributed by atoms with E-state index in [0.29, 0.717) is 21.4 Å². The second-order valence-electron chi connectivity index (χ2n) is 6.35. The Morgan fingerprint density at radius 3 is 2.73 bits per heavy atom. The highest BCUT2D eigenvalue weighted by molar-refractivity contribution is 6.45. The molecule has 0 radical (unpaired) electrons. The minimum atomic E-state index is -0.868. The minimum Gasteiger partial charge on any atom is -0.481 e. The Hall–Kier alpha value is -2.31. The SMILES string of the molecule is CC(C)C(CC(=O)O)Nc1cc(-n2ccnc2)c2ccc(Cl)c(Cl)c2n1. The van der Waals surface area contributed by atoms with Gasteiger partial charge in [-0.05, 0) is 18.1 Å². The van der Waals surface area contributed by atoms with E-state index in [9.17, 15) is 4.79 Å². The van der Waals surface area contributed by atoms with Crippen LogP contribution in [0.15, 0.2) is 36.9 Å². The molecule has 1 aromatic carbocycles. The minimum absolute atomic E-state index is 0.0128. The monoisotopic (exact) mass is 392 g/mol. The fraction of sp³-hybridized carbons (Fsp3) is 0.278. The van der Waals surface area contributed by atoms with Crippen LogP contribution in [-0.4, -0.2) is 31.7 Å². The molecule has 0 aliphatic rings. The highest BCUT2D eigenvalue weighted by Gasteiger charge is 2.19. The van der Waals surface area contributed by atoms with E-state index in [4.69, 9.17) is 28.3 Å². The molecule has 0 aliphatic carbocycles. The number of halogens is 2. The quantitative estimate of drug-likeness (QED) is 0.638. The first kappa shape index (κ1) is 18.5. The molecule has 2 aromatic heterocycles. The van der Waals surface area contributed by atoms with Gasteiger partial charge >= 0.3 is 5.97 Å². The molecule has 0 amide bonds. The summed E-state index contributed by atoms with van der Waals surface area (Å²) in [5.74, 6) is -0.228. The van der Waals surface area contributed by atoms with E-state index in [0.717, 1.165) is 11.1 Å². The number of carboxylic acids is 1. The van der Waals surface area contributed by atoms with Crippen LogP contribution in [0.3, 0.4) is 0 Å². The molecule has 3 rings (SSSR count). The number of carboxylic acid groups (broad SMARTS) is 1. The Kier molecular flexibility index (Phi) is 5.34. The van der Waals surface area contributed by atoms with Crippen LogP contribution in [0, 0.1) is 5.92 Å². The van der Waals surface area contributed by atoms with E-state index in [1.165, 1.54) is 0 Å². The van der Waals surface area contributed by atoms with E-state index in [1.807, 2.05) is 36.7 Å². The standard InChI is InChI=1S/C18H18Cl2N4O2/c1-10(2)13(7-16(25)26)22-15-8-14(24-6-5-21-9-24)11-3-4-12(19)17(20)18(11)23-15/h3-6,8-10,13H,7H2,1-2H3,(H,22,23)(H,25,26). The predicted octanol–water partition coefficient (Wildman–Crippen LogP) is 4.64. The number of anilines is 1. The van der Waals surface area contributed by atoms with Crippen molar-refractivity contribution in [2.24, 2.45) is 5.92 Å². The highest BCUT2D eigenvalue weighted by atomic mass is 35.5. The summed E-state index contributed by atoms with van der Waals surface area (Å²) in [4.78, 5) is 19.8. The van der Waals surface area contributed by atoms with Gasteiger partial charge in [-0.3, -0.25) is 4.79 Å². The molecule has 0 saturated carbocycles. The van der Waals surface area contributed by atoms with Crippen molar-refractivity contribution in [3.63, 3.8) is 0 Å². The van der Waals surface area contributed by atoms with Crippen LogP contribution < -0.4 is 5.32 Å². The molecule has 0 aliphatic heterocycles. The molecule has 2 heterocycles. The number of carbonyl (C=O) groups is 1. The third-order valence-electron chi connectivity index (χ3n) is 4.17. The second-order valence-corrected chi connectivity index (χ2v) is 7.13. The maximum absolute atomic E-state index is 11.2. The zero-order valence-electron chi connectivity index (χ0n) is 14.3. The van der Waals surface area contributed by atoms with Gasteiger partial charge in [-0.1, -0.05) is 37.0 Å². The lowest BCUT2D eigenvalue weighted by Gasteiger charge is -2.22. The van der Waals surface area contributed by atoms with Crippen molar-refractivity contribution in [2.75, 3.05) is 5.32 Å². The molecule has 2 N–H and O–H groups in total. The molecule has 0 spiro atoms. The van der Waals surface area contributed by atoms with Crippen molar-refractivity contribution in [3.8, 4) is 5.69 Å². The van der Waals surface area contributed by atoms with Gasteiger partial charge in [-0.15, -0.1) is 0 Å². The van der Waals surface area contributed by atoms with Crippen LogP contribution in [0.2, 0.25) is 10.0 Å². The maximum Gasteiger partial charge on any atom is 0.305 e. The molecule has 8 heteroatoms. The Morgan fingerprint density at radius 1 is 1.35 bits per heavy atom. The number of pyridine rings is 1. The Labute approximate surface area is 160 Å². The second kappa shape index (κ2) is 7.51. The lowest BCUT2D eigenvalue weighted by atomic mass is 10.0. The summed E-state index contributed by atoms with van der Waals surface area (Å²) in [6, 6.07) is 5.16. The van der Waals surface area contributed by atoms with Crippen LogP contribution in [0.1, 0.15) is 20.3 Å². The first-order valence-electron chi connectivity index (χ1n) is 8.12. The third-order valence-corrected chi connectivity index (χ3v) is 4.96. The summed E-state index contributed by atoms with van der Waals surface area (Å²) < 4.78 is 1.85. The molecule has 136 valence electrons. The van der Waals surface area contributed by atoms with Gasteiger partial charge in [-0.2, -0.15) is 0 Å². The molecule has 0 saturated heterocycles. The van der Waals surface area contributed by atoms with Gasteiger partial charge in [-0.25, -0.2) is 9.97 Å². The van der Waals surface area contributed by atoms with Crippen LogP contribution >= 0.6 is 23.2 Å². The molecular weight excluding hydrogens is 375 g/mol. The smallest absolute Gasteiger partial charge is 0.305 e. The number of imidazole rings is 1. The normalized spacial score (nSPS) is 12.5. The van der Waals surface area contributed by atoms with E-state index in [1.54, 1.807) is 18.6 Å². The Balaban J connectivity index is 2.14. The molecule has 6 nitrogen and oxygen atoms in total. The van der Waals surface area contributed by atoms with Gasteiger partial charge < -0.3 is 15.0 Å². The topological polar surface area (TPSA) is 80.0 Å². The number of nitrogens with one attached hydrogen (secondary N) is 1. The fourth-order valence-electron chi connectivity index (χ4n) is 2.74. The van der Waals surface area contributed by atoms with Crippen molar-refractivity contribution in [1.29, 1.82) is 0 Å². The van der Waals surface area contributed by atoms with Crippen LogP contribution in [0.4, 0.5) is 5.82 Å². The van der Waals surface area contributed by atoms with Gasteiger partial charge in [0.2, 0.25) is 0 Å². The summed E-state index contributed by atoms with van der Waals surface area (Å²) >= 11 is 12.5. The van der Waals surface area contributed by atoms with Gasteiger partial charge in [0.1, 0.15) is 5.82 Å². The van der Waals surface area contributed by atoms with Crippen LogP contribution in [0.25, 0.3) is 16.6 Å². The average molecular weight is 393 g/mol. The average Bonchev–Trinajstić information content (AvgIpc) is 3.11. The summed E-state index contributed by atoms with van der Waals surface area (Å²) in [5.41, 5.74) is 1.37. The Morgan fingerprint density at radius 2 is 2.12 bits per heavy atom. The number of hydrogen-bond donors (Lipinski definition) is 2. The predicted molar refractivity (Wildman–Crippen MR) is 103 cm³/mol. The number of fused-ring (bicyclic) bond motifs is 1. The molecule has 0 bridgehead atoms. The first-order chi connectivity index (χ1) is 12.4. The summed E-state index contributed by atoms with van der Waals surface area (Å²) in [7, 11) is 0. The molecule has 26 heavy (non-hydrogen) atoms. The number of nitrogens with zero attached hydrogens (tertiary/aromatic N) is 3. The van der Waals surface area contributed by atoms with Crippen molar-refractivity contribution in [2.45, 2.75) is 26.3 Å². The zero-order chi connectivity index (χ0) is 18.8. The first-order valence-corrected chi connectivity index (χ1v) is 8.88. The zero-order valence-corrected chi connectivity index (χ0v) is 15.8. The van der Waals surface area contributed by atoms with Gasteiger partial charge in [0, 0.05) is 29.9 Å². The van der Waals surface area contributed by atoms with Crippen molar-refractivity contribution >= 4 is 45.9 Å². The number of hydrogen-bond acceptors (Lipinski definition) is 4. The van der Waals surface area contributed by atoms with E-state index >= 15 is 0 Å². The van der Waals surface area contributed by atoms with Crippen molar-refractivity contribution in [1.82, 2.24) is 14.5 Å². The lowest BCUT2D eigenvalue weighted by Crippen LogP contribution is -2.29. The maximum atomic E-state index is 11.2. The van der Waals surface area contributed by atoms with Crippen molar-refractivity contribution in [3.05, 3.63) is 47.0 Å². The molecule has 3 aromatic rings. The summed E-state index contributed by atoms with van der Waals surface area (Å²) in [6.45, 7) is 3.92. The number of rotatable bonds is 6. The number of benzene rings is 1. The fourth-order valence-corrected chi connectivity index (χ4v) is 3.10. The van der Waals surface area contributed by atoms with Gasteiger partial charge in [0.05, 0.1) is 34.0 Å². The number of aromatic nitrogens is 3. The third kappa shape index (κ3) is 3.76. The van der Waals surface area contributed by atoms with Gasteiger partial charge in [0.15, 0.2) is 0 Å².